The van der Waals surface area contributed by atoms with E-state index in [9.17, 15) is 0 Å². The van der Waals surface area contributed by atoms with Gasteiger partial charge in [-0.15, -0.1) is 0 Å². The van der Waals surface area contributed by atoms with Crippen molar-refractivity contribution in [1.29, 1.82) is 0 Å². The molecule has 17 heavy (non-hydrogen) atoms. The number of piperidine rings is 1. The van der Waals surface area contributed by atoms with Crippen molar-refractivity contribution in [1.82, 2.24) is 10.6 Å². The maximum atomic E-state index is 3.74. The number of hydrogen-bond acceptors (Lipinski definition) is 2. The fourth-order valence-electron chi connectivity index (χ4n) is 3.49. The Hall–Kier alpha value is -1.70. The third-order valence-corrected chi connectivity index (χ3v) is 4.30. The quantitative estimate of drug-likeness (QED) is 0.659. The van der Waals surface area contributed by atoms with Crippen LogP contribution in [0, 0.1) is 5.92 Å². The highest BCUT2D eigenvalue weighted by molar-refractivity contribution is 5.61. The van der Waals surface area contributed by atoms with Gasteiger partial charge in [0.25, 0.3) is 0 Å². The van der Waals surface area contributed by atoms with E-state index in [4.69, 9.17) is 0 Å². The van der Waals surface area contributed by atoms with Crippen molar-refractivity contribution in [2.24, 2.45) is 5.92 Å². The molecule has 1 aliphatic carbocycles. The van der Waals surface area contributed by atoms with Crippen LogP contribution in [0.3, 0.4) is 0 Å². The first-order chi connectivity index (χ1) is 8.28. The smallest absolute Gasteiger partial charge is 0.0490 e. The van der Waals surface area contributed by atoms with Crippen molar-refractivity contribution in [3.8, 4) is 0 Å². The third kappa shape index (κ3) is 1.10. The summed E-state index contributed by atoms with van der Waals surface area (Å²) in [6.45, 7) is 3.31. The van der Waals surface area contributed by atoms with Crippen molar-refractivity contribution in [3.05, 3.63) is 59.0 Å². The Balaban J connectivity index is 1.94. The molecule has 86 valence electrons. The summed E-state index contributed by atoms with van der Waals surface area (Å²) in [5.41, 5.74) is 5.83. The van der Waals surface area contributed by atoms with Crippen LogP contribution >= 0.6 is 0 Å². The third-order valence-electron chi connectivity index (χ3n) is 4.30. The molecule has 3 aliphatic heterocycles. The van der Waals surface area contributed by atoms with Crippen LogP contribution in [0.15, 0.2) is 59.0 Å². The molecule has 4 rings (SSSR count). The first kappa shape index (κ1) is 9.34. The van der Waals surface area contributed by atoms with Gasteiger partial charge in [-0.2, -0.15) is 0 Å². The van der Waals surface area contributed by atoms with Crippen LogP contribution in [0.5, 0.6) is 0 Å². The molecule has 0 spiro atoms. The number of dihydropyridines is 1. The molecular formula is C15H16N2. The van der Waals surface area contributed by atoms with E-state index in [0.29, 0.717) is 5.92 Å². The summed E-state index contributed by atoms with van der Waals surface area (Å²) < 4.78 is 0. The van der Waals surface area contributed by atoms with Crippen molar-refractivity contribution < 1.29 is 0 Å². The molecule has 2 unspecified atom stereocenters. The second kappa shape index (κ2) is 2.95. The zero-order valence-electron chi connectivity index (χ0n) is 9.96. The molecule has 0 aromatic carbocycles. The van der Waals surface area contributed by atoms with Gasteiger partial charge in [-0.3, -0.25) is 0 Å². The number of fused-ring (bicyclic) bond motifs is 6. The Morgan fingerprint density at radius 1 is 1.35 bits per heavy atom. The molecule has 2 heteroatoms. The highest BCUT2D eigenvalue weighted by Crippen LogP contribution is 2.49. The summed E-state index contributed by atoms with van der Waals surface area (Å²) in [5, 5.41) is 7.06. The maximum Gasteiger partial charge on any atom is 0.0490 e. The van der Waals surface area contributed by atoms with Crippen molar-refractivity contribution in [3.63, 3.8) is 0 Å². The Morgan fingerprint density at radius 3 is 3.24 bits per heavy atom. The summed E-state index contributed by atoms with van der Waals surface area (Å²) in [6.07, 6.45) is 14.5. The summed E-state index contributed by atoms with van der Waals surface area (Å²) in [6, 6.07) is 0. The van der Waals surface area contributed by atoms with Crippen LogP contribution < -0.4 is 10.6 Å². The zero-order chi connectivity index (χ0) is 11.5. The Bertz CT molecular complexity index is 545. The van der Waals surface area contributed by atoms with Gasteiger partial charge >= 0.3 is 0 Å². The largest absolute Gasteiger partial charge is 0.387 e. The average Bonchev–Trinajstić information content (AvgIpc) is 2.60. The predicted octanol–water partition coefficient (Wildman–Crippen LogP) is 2.16. The number of allylic oxidation sites excluding steroid dienone is 4. The molecule has 0 aromatic heterocycles. The average molecular weight is 224 g/mol. The van der Waals surface area contributed by atoms with Crippen LogP contribution in [0.1, 0.15) is 13.3 Å². The first-order valence-electron chi connectivity index (χ1n) is 6.28. The summed E-state index contributed by atoms with van der Waals surface area (Å²) in [5.74, 6) is 0.523. The zero-order valence-corrected chi connectivity index (χ0v) is 9.96. The molecule has 3 heterocycles. The summed E-state index contributed by atoms with van der Waals surface area (Å²) >= 11 is 0. The van der Waals surface area contributed by atoms with Gasteiger partial charge in [-0.05, 0) is 24.5 Å². The van der Waals surface area contributed by atoms with Gasteiger partial charge in [0.2, 0.25) is 0 Å². The molecule has 0 saturated carbocycles. The van der Waals surface area contributed by atoms with Crippen LogP contribution in [0.25, 0.3) is 0 Å². The fraction of sp³-hybridized carbons (Fsp3) is 0.333. The van der Waals surface area contributed by atoms with Gasteiger partial charge in [0.15, 0.2) is 0 Å². The lowest BCUT2D eigenvalue weighted by atomic mass is 9.77. The van der Waals surface area contributed by atoms with Gasteiger partial charge in [-0.1, -0.05) is 30.4 Å². The molecule has 1 saturated heterocycles. The van der Waals surface area contributed by atoms with Gasteiger partial charge < -0.3 is 10.6 Å². The van der Waals surface area contributed by atoms with Crippen LogP contribution in [-0.4, -0.2) is 12.1 Å². The highest BCUT2D eigenvalue weighted by Gasteiger charge is 2.47. The van der Waals surface area contributed by atoms with Gasteiger partial charge in [0.1, 0.15) is 0 Å². The lowest BCUT2D eigenvalue weighted by Crippen LogP contribution is -2.46. The topological polar surface area (TPSA) is 24.1 Å². The minimum Gasteiger partial charge on any atom is -0.387 e. The van der Waals surface area contributed by atoms with Crippen molar-refractivity contribution in [2.75, 3.05) is 6.54 Å². The molecule has 0 radical (unpaired) electrons. The van der Waals surface area contributed by atoms with Gasteiger partial charge in [-0.25, -0.2) is 0 Å². The highest BCUT2D eigenvalue weighted by atomic mass is 15.1. The molecule has 0 amide bonds. The van der Waals surface area contributed by atoms with E-state index in [1.54, 1.807) is 0 Å². The summed E-state index contributed by atoms with van der Waals surface area (Å²) in [7, 11) is 0. The van der Waals surface area contributed by atoms with E-state index in [0.717, 1.165) is 13.0 Å². The number of rotatable bonds is 0. The Kier molecular flexibility index (Phi) is 1.62. The molecule has 0 aromatic rings. The van der Waals surface area contributed by atoms with E-state index < -0.39 is 0 Å². The normalized spacial score (nSPS) is 36.6. The minimum atomic E-state index is 0.173. The van der Waals surface area contributed by atoms with Crippen molar-refractivity contribution in [2.45, 2.75) is 18.9 Å². The minimum absolute atomic E-state index is 0.173. The van der Waals surface area contributed by atoms with Gasteiger partial charge in [0, 0.05) is 35.5 Å². The standard InChI is InChI=1S/C15H16N2/c1-15-8-10-6-7-16-9-12(10)14(17-15)11-4-2-3-5-13(11)15/h2-6,9,13,16-17H,7-8H2,1H3. The molecule has 2 atom stereocenters. The van der Waals surface area contributed by atoms with Crippen LogP contribution in [-0.2, 0) is 0 Å². The molecule has 2 N–H and O–H groups in total. The van der Waals surface area contributed by atoms with Crippen LogP contribution in [0.4, 0.5) is 0 Å². The lowest BCUT2D eigenvalue weighted by molar-refractivity contribution is 0.346. The molecule has 2 nitrogen and oxygen atoms in total. The van der Waals surface area contributed by atoms with E-state index in [1.165, 1.54) is 22.4 Å². The van der Waals surface area contributed by atoms with E-state index in [2.05, 4.69) is 54.1 Å². The maximum absolute atomic E-state index is 3.74. The Morgan fingerprint density at radius 2 is 2.29 bits per heavy atom. The van der Waals surface area contributed by atoms with Crippen LogP contribution in [0.2, 0.25) is 0 Å². The van der Waals surface area contributed by atoms with E-state index >= 15 is 0 Å². The molecule has 1 fully saturated rings. The van der Waals surface area contributed by atoms with Gasteiger partial charge in [0.05, 0.1) is 0 Å². The summed E-state index contributed by atoms with van der Waals surface area (Å²) in [4.78, 5) is 0. The molecule has 2 bridgehead atoms. The number of nitrogens with one attached hydrogen (secondary N) is 2. The lowest BCUT2D eigenvalue weighted by Gasteiger charge is -2.38. The fourth-order valence-corrected chi connectivity index (χ4v) is 3.49. The SMILES string of the molecule is CC12CC3=CCNC=C3C(=C3C=CC=CC31)N2. The number of hydrogen-bond donors (Lipinski definition) is 2. The van der Waals surface area contributed by atoms with E-state index in [-0.39, 0.29) is 5.54 Å². The predicted molar refractivity (Wildman–Crippen MR) is 69.1 cm³/mol. The molecular weight excluding hydrogens is 208 g/mol. The van der Waals surface area contributed by atoms with Crippen molar-refractivity contribution >= 4 is 0 Å². The Labute approximate surface area is 101 Å². The molecule has 4 aliphatic rings. The first-order valence-corrected chi connectivity index (χ1v) is 6.28. The second-order valence-corrected chi connectivity index (χ2v) is 5.47. The monoisotopic (exact) mass is 224 g/mol. The van der Waals surface area contributed by atoms with E-state index in [1.807, 2.05) is 0 Å². The second-order valence-electron chi connectivity index (χ2n) is 5.47.